The lowest BCUT2D eigenvalue weighted by Crippen LogP contribution is -2.49. The van der Waals surface area contributed by atoms with Gasteiger partial charge >= 0.3 is 0 Å². The number of rotatable bonds is 10. The summed E-state index contributed by atoms with van der Waals surface area (Å²) in [4.78, 5) is 23.7. The summed E-state index contributed by atoms with van der Waals surface area (Å²) in [5, 5.41) is 11.9. The van der Waals surface area contributed by atoms with E-state index in [0.29, 0.717) is 42.5 Å². The van der Waals surface area contributed by atoms with Crippen LogP contribution in [0.3, 0.4) is 0 Å². The predicted octanol–water partition coefficient (Wildman–Crippen LogP) is 2.16. The molecule has 3 heterocycles. The van der Waals surface area contributed by atoms with Gasteiger partial charge in [0.15, 0.2) is 11.5 Å². The van der Waals surface area contributed by atoms with Gasteiger partial charge in [0.25, 0.3) is 5.69 Å². The third-order valence-corrected chi connectivity index (χ3v) is 8.98. The van der Waals surface area contributed by atoms with Crippen LogP contribution in [-0.2, 0) is 14.8 Å². The first-order valence-electron chi connectivity index (χ1n) is 13.1. The number of benzene rings is 2. The Labute approximate surface area is 232 Å². The predicted molar refractivity (Wildman–Crippen MR) is 148 cm³/mol. The molecule has 0 aliphatic carbocycles. The van der Waals surface area contributed by atoms with E-state index in [4.69, 9.17) is 14.2 Å². The molecule has 0 N–H and O–H groups in total. The Morgan fingerprint density at radius 3 is 2.52 bits per heavy atom. The van der Waals surface area contributed by atoms with Crippen molar-refractivity contribution in [2.45, 2.75) is 11.3 Å². The Balaban J connectivity index is 1.29. The van der Waals surface area contributed by atoms with Gasteiger partial charge in [0, 0.05) is 69.4 Å². The monoisotopic (exact) mass is 572 g/mol. The van der Waals surface area contributed by atoms with E-state index in [9.17, 15) is 18.5 Å². The number of sulfonamides is 1. The molecule has 0 bridgehead atoms. The topological polar surface area (TPSA) is 140 Å². The SMILES string of the molecule is COc1cc2ncnc(N3CCN(S(=O)(=O)c4cccc([N+](=O)[O-])c4)CC3)c2cc1OCCCN1CCOCC1. The molecule has 0 radical (unpaired) electrons. The largest absolute Gasteiger partial charge is 0.493 e. The van der Waals surface area contributed by atoms with Crippen molar-refractivity contribution in [1.82, 2.24) is 19.2 Å². The van der Waals surface area contributed by atoms with Crippen LogP contribution in [0, 0.1) is 10.1 Å². The number of morpholine rings is 1. The first-order valence-corrected chi connectivity index (χ1v) is 14.6. The molecule has 2 aliphatic rings. The van der Waals surface area contributed by atoms with Crippen LogP contribution in [-0.4, -0.2) is 105 Å². The highest BCUT2D eigenvalue weighted by Gasteiger charge is 2.30. The minimum atomic E-state index is -3.88. The normalized spacial score (nSPS) is 17.2. The van der Waals surface area contributed by atoms with Crippen molar-refractivity contribution in [2.75, 3.05) is 77.6 Å². The van der Waals surface area contributed by atoms with Crippen molar-refractivity contribution in [3.05, 3.63) is 52.8 Å². The standard InChI is InChI=1S/C26H32N6O7S/c1-37-24-18-23-22(17-25(24)39-13-3-6-29-11-14-38-15-12-29)26(28-19-27-23)30-7-9-31(10-8-30)40(35,36)21-5-2-4-20(16-21)32(33)34/h2,4-5,16-19H,3,6-15H2,1H3. The second kappa shape index (κ2) is 12.3. The number of aromatic nitrogens is 2. The van der Waals surface area contributed by atoms with Crippen molar-refractivity contribution in [3.63, 3.8) is 0 Å². The van der Waals surface area contributed by atoms with Crippen molar-refractivity contribution >= 4 is 32.4 Å². The lowest BCUT2D eigenvalue weighted by molar-refractivity contribution is -0.385. The van der Waals surface area contributed by atoms with E-state index in [2.05, 4.69) is 14.9 Å². The lowest BCUT2D eigenvalue weighted by atomic mass is 10.2. The molecule has 2 saturated heterocycles. The summed E-state index contributed by atoms with van der Waals surface area (Å²) >= 11 is 0. The van der Waals surface area contributed by atoms with Crippen LogP contribution < -0.4 is 14.4 Å². The second-order valence-electron chi connectivity index (χ2n) is 9.52. The number of nitro groups is 1. The van der Waals surface area contributed by atoms with Gasteiger partial charge in [-0.2, -0.15) is 4.31 Å². The molecule has 13 nitrogen and oxygen atoms in total. The van der Waals surface area contributed by atoms with Crippen LogP contribution in [0.15, 0.2) is 47.6 Å². The molecular weight excluding hydrogens is 540 g/mol. The average molecular weight is 573 g/mol. The molecule has 0 amide bonds. The zero-order chi connectivity index (χ0) is 28.1. The number of piperazine rings is 1. The highest BCUT2D eigenvalue weighted by atomic mass is 32.2. The Kier molecular flexibility index (Phi) is 8.59. The zero-order valence-corrected chi connectivity index (χ0v) is 23.1. The van der Waals surface area contributed by atoms with Gasteiger partial charge in [0.2, 0.25) is 10.0 Å². The molecule has 1 aromatic heterocycles. The number of nitrogens with zero attached hydrogens (tertiary/aromatic N) is 6. The van der Waals surface area contributed by atoms with Crippen LogP contribution >= 0.6 is 0 Å². The van der Waals surface area contributed by atoms with E-state index in [-0.39, 0.29) is 23.7 Å². The number of non-ortho nitro benzene ring substituents is 1. The van der Waals surface area contributed by atoms with Crippen molar-refractivity contribution in [1.29, 1.82) is 0 Å². The molecular formula is C26H32N6O7S. The molecule has 3 aromatic rings. The molecule has 0 unspecified atom stereocenters. The third-order valence-electron chi connectivity index (χ3n) is 7.08. The maximum absolute atomic E-state index is 13.2. The lowest BCUT2D eigenvalue weighted by Gasteiger charge is -2.35. The fraction of sp³-hybridized carbons (Fsp3) is 0.462. The number of hydrogen-bond donors (Lipinski definition) is 0. The summed E-state index contributed by atoms with van der Waals surface area (Å²) in [5.41, 5.74) is 0.427. The van der Waals surface area contributed by atoms with Crippen LogP contribution in [0.1, 0.15) is 6.42 Å². The van der Waals surface area contributed by atoms with Gasteiger partial charge in [-0.3, -0.25) is 15.0 Å². The van der Waals surface area contributed by atoms with Crippen LogP contribution in [0.25, 0.3) is 10.9 Å². The molecule has 0 saturated carbocycles. The van der Waals surface area contributed by atoms with E-state index in [1.807, 2.05) is 17.0 Å². The van der Waals surface area contributed by atoms with Gasteiger partial charge in [-0.25, -0.2) is 18.4 Å². The fourth-order valence-corrected chi connectivity index (χ4v) is 6.38. The smallest absolute Gasteiger partial charge is 0.270 e. The van der Waals surface area contributed by atoms with Crippen molar-refractivity contribution < 1.29 is 27.6 Å². The van der Waals surface area contributed by atoms with E-state index in [1.165, 1.54) is 28.8 Å². The molecule has 40 heavy (non-hydrogen) atoms. The van der Waals surface area contributed by atoms with E-state index in [0.717, 1.165) is 50.7 Å². The average Bonchev–Trinajstić information content (AvgIpc) is 2.99. The zero-order valence-electron chi connectivity index (χ0n) is 22.3. The molecule has 214 valence electrons. The van der Waals surface area contributed by atoms with Crippen molar-refractivity contribution in [2.24, 2.45) is 0 Å². The Bertz CT molecular complexity index is 1460. The molecule has 0 atom stereocenters. The maximum atomic E-state index is 13.2. The minimum Gasteiger partial charge on any atom is -0.493 e. The number of hydrogen-bond acceptors (Lipinski definition) is 11. The van der Waals surface area contributed by atoms with Gasteiger partial charge in [-0.15, -0.1) is 0 Å². The third kappa shape index (κ3) is 6.09. The Morgan fingerprint density at radius 1 is 1.02 bits per heavy atom. The molecule has 2 fully saturated rings. The summed E-state index contributed by atoms with van der Waals surface area (Å²) in [7, 11) is -2.29. The summed E-state index contributed by atoms with van der Waals surface area (Å²) in [6.45, 7) is 6.03. The van der Waals surface area contributed by atoms with Gasteiger partial charge in [0.1, 0.15) is 12.1 Å². The summed E-state index contributed by atoms with van der Waals surface area (Å²) < 4.78 is 44.8. The molecule has 14 heteroatoms. The maximum Gasteiger partial charge on any atom is 0.270 e. The fourth-order valence-electron chi connectivity index (χ4n) is 4.92. The Hall–Kier alpha value is -3.59. The van der Waals surface area contributed by atoms with Gasteiger partial charge in [-0.05, 0) is 18.6 Å². The highest BCUT2D eigenvalue weighted by molar-refractivity contribution is 7.89. The molecule has 0 spiro atoms. The van der Waals surface area contributed by atoms with Crippen molar-refractivity contribution in [3.8, 4) is 11.5 Å². The quantitative estimate of drug-likeness (QED) is 0.200. The summed E-state index contributed by atoms with van der Waals surface area (Å²) in [6, 6.07) is 8.82. The van der Waals surface area contributed by atoms with Crippen LogP contribution in [0.2, 0.25) is 0 Å². The first-order chi connectivity index (χ1) is 19.4. The first kappa shape index (κ1) is 28.0. The molecule has 2 aliphatic heterocycles. The number of anilines is 1. The summed E-state index contributed by atoms with van der Waals surface area (Å²) in [5.74, 6) is 1.86. The molecule has 5 rings (SSSR count). The van der Waals surface area contributed by atoms with Gasteiger partial charge < -0.3 is 19.1 Å². The number of nitro benzene ring substituents is 1. The summed E-state index contributed by atoms with van der Waals surface area (Å²) in [6.07, 6.45) is 2.34. The number of methoxy groups -OCH3 is 1. The van der Waals surface area contributed by atoms with Crippen LogP contribution in [0.5, 0.6) is 11.5 Å². The highest BCUT2D eigenvalue weighted by Crippen LogP contribution is 2.35. The van der Waals surface area contributed by atoms with E-state index < -0.39 is 14.9 Å². The molecule has 2 aromatic carbocycles. The van der Waals surface area contributed by atoms with Gasteiger partial charge in [0.05, 0.1) is 42.3 Å². The second-order valence-corrected chi connectivity index (χ2v) is 11.5. The Morgan fingerprint density at radius 2 is 1.80 bits per heavy atom. The van der Waals surface area contributed by atoms with Crippen LogP contribution in [0.4, 0.5) is 11.5 Å². The number of fused-ring (bicyclic) bond motifs is 1. The van der Waals surface area contributed by atoms with Gasteiger partial charge in [-0.1, -0.05) is 6.07 Å². The van der Waals surface area contributed by atoms with E-state index in [1.54, 1.807) is 7.11 Å². The van der Waals surface area contributed by atoms with E-state index >= 15 is 0 Å². The number of ether oxygens (including phenoxy) is 3. The minimum absolute atomic E-state index is 0.0925.